The third-order valence-electron chi connectivity index (χ3n) is 3.95. The van der Waals surface area contributed by atoms with E-state index in [0.29, 0.717) is 17.8 Å². The minimum absolute atomic E-state index is 0.0230. The molecule has 2 aromatic carbocycles. The van der Waals surface area contributed by atoms with Crippen LogP contribution in [0.4, 0.5) is 0 Å². The molecule has 3 aromatic rings. The molecule has 1 aromatic heterocycles. The lowest BCUT2D eigenvalue weighted by atomic mass is 10.1. The molecule has 0 saturated heterocycles. The van der Waals surface area contributed by atoms with E-state index in [1.54, 1.807) is 11.7 Å². The SMILES string of the molecule is CCCCn1c(-c2ccc(OC)cc2)nc2ccccc2c1=O. The summed E-state index contributed by atoms with van der Waals surface area (Å²) in [5.74, 6) is 1.50. The zero-order chi connectivity index (χ0) is 16.2. The van der Waals surface area contributed by atoms with E-state index in [1.165, 1.54) is 0 Å². The number of ether oxygens (including phenoxy) is 1. The number of nitrogens with zero attached hydrogens (tertiary/aromatic N) is 2. The molecule has 0 unspecified atom stereocenters. The topological polar surface area (TPSA) is 44.1 Å². The van der Waals surface area contributed by atoms with E-state index in [9.17, 15) is 4.79 Å². The van der Waals surface area contributed by atoms with Gasteiger partial charge in [-0.05, 0) is 42.8 Å². The van der Waals surface area contributed by atoms with Crippen molar-refractivity contribution in [1.29, 1.82) is 0 Å². The molecule has 0 aliphatic carbocycles. The van der Waals surface area contributed by atoms with Crippen LogP contribution < -0.4 is 10.3 Å². The van der Waals surface area contributed by atoms with Crippen LogP contribution in [0, 0.1) is 0 Å². The molecule has 1 heterocycles. The first-order valence-corrected chi connectivity index (χ1v) is 7.88. The second-order valence-corrected chi connectivity index (χ2v) is 5.49. The van der Waals surface area contributed by atoms with Gasteiger partial charge in [0.15, 0.2) is 0 Å². The fraction of sp³-hybridized carbons (Fsp3) is 0.263. The zero-order valence-electron chi connectivity index (χ0n) is 13.5. The summed E-state index contributed by atoms with van der Waals surface area (Å²) in [7, 11) is 1.64. The highest BCUT2D eigenvalue weighted by molar-refractivity contribution is 5.79. The first kappa shape index (κ1) is 15.3. The van der Waals surface area contributed by atoms with Gasteiger partial charge in [0.05, 0.1) is 18.0 Å². The molecule has 0 spiro atoms. The number of rotatable bonds is 5. The molecule has 3 rings (SSSR count). The third-order valence-corrected chi connectivity index (χ3v) is 3.95. The summed E-state index contributed by atoms with van der Waals surface area (Å²) in [5.41, 5.74) is 1.68. The molecule has 4 heteroatoms. The number of benzene rings is 2. The molecule has 23 heavy (non-hydrogen) atoms. The molecule has 0 fully saturated rings. The van der Waals surface area contributed by atoms with E-state index in [1.807, 2.05) is 48.5 Å². The Morgan fingerprint density at radius 3 is 2.52 bits per heavy atom. The van der Waals surface area contributed by atoms with Crippen LogP contribution in [-0.4, -0.2) is 16.7 Å². The standard InChI is InChI=1S/C19H20N2O2/c1-3-4-13-21-18(14-9-11-15(23-2)12-10-14)20-17-8-6-5-7-16(17)19(21)22/h5-12H,3-4,13H2,1-2H3. The molecule has 0 saturated carbocycles. The first-order chi connectivity index (χ1) is 11.2. The summed E-state index contributed by atoms with van der Waals surface area (Å²) >= 11 is 0. The van der Waals surface area contributed by atoms with Crippen LogP contribution >= 0.6 is 0 Å². The Hall–Kier alpha value is -2.62. The molecule has 4 nitrogen and oxygen atoms in total. The monoisotopic (exact) mass is 308 g/mol. The van der Waals surface area contributed by atoms with Gasteiger partial charge >= 0.3 is 0 Å². The lowest BCUT2D eigenvalue weighted by Crippen LogP contribution is -2.23. The van der Waals surface area contributed by atoms with Crippen LogP contribution in [-0.2, 0) is 6.54 Å². The summed E-state index contributed by atoms with van der Waals surface area (Å²) in [4.78, 5) is 17.6. The van der Waals surface area contributed by atoms with Crippen molar-refractivity contribution in [2.75, 3.05) is 7.11 Å². The van der Waals surface area contributed by atoms with Crippen molar-refractivity contribution in [3.8, 4) is 17.1 Å². The Bertz CT molecular complexity index is 867. The Morgan fingerprint density at radius 1 is 1.09 bits per heavy atom. The van der Waals surface area contributed by atoms with Crippen molar-refractivity contribution < 1.29 is 4.74 Å². The van der Waals surface area contributed by atoms with Crippen LogP contribution in [0.5, 0.6) is 5.75 Å². The maximum Gasteiger partial charge on any atom is 0.261 e. The van der Waals surface area contributed by atoms with E-state index in [0.717, 1.165) is 29.7 Å². The van der Waals surface area contributed by atoms with Crippen LogP contribution in [0.15, 0.2) is 53.3 Å². The first-order valence-electron chi connectivity index (χ1n) is 7.88. The van der Waals surface area contributed by atoms with Crippen LogP contribution in [0.2, 0.25) is 0 Å². The molecular weight excluding hydrogens is 288 g/mol. The molecule has 0 radical (unpaired) electrons. The minimum Gasteiger partial charge on any atom is -0.497 e. The van der Waals surface area contributed by atoms with E-state index in [4.69, 9.17) is 9.72 Å². The van der Waals surface area contributed by atoms with E-state index in [-0.39, 0.29) is 5.56 Å². The van der Waals surface area contributed by atoms with Crippen molar-refractivity contribution in [2.45, 2.75) is 26.3 Å². The smallest absolute Gasteiger partial charge is 0.261 e. The Morgan fingerprint density at radius 2 is 1.83 bits per heavy atom. The van der Waals surface area contributed by atoms with Crippen molar-refractivity contribution in [1.82, 2.24) is 9.55 Å². The van der Waals surface area contributed by atoms with Crippen LogP contribution in [0.3, 0.4) is 0 Å². The highest BCUT2D eigenvalue weighted by Crippen LogP contribution is 2.22. The van der Waals surface area contributed by atoms with Gasteiger partial charge in [0, 0.05) is 12.1 Å². The highest BCUT2D eigenvalue weighted by Gasteiger charge is 2.12. The maximum absolute atomic E-state index is 12.8. The summed E-state index contributed by atoms with van der Waals surface area (Å²) < 4.78 is 6.99. The third kappa shape index (κ3) is 2.97. The zero-order valence-corrected chi connectivity index (χ0v) is 13.5. The molecule has 0 N–H and O–H groups in total. The molecule has 0 amide bonds. The lowest BCUT2D eigenvalue weighted by Gasteiger charge is -2.13. The molecular formula is C19H20N2O2. The predicted molar refractivity (Wildman–Crippen MR) is 92.9 cm³/mol. The number of methoxy groups -OCH3 is 1. The highest BCUT2D eigenvalue weighted by atomic mass is 16.5. The number of hydrogen-bond acceptors (Lipinski definition) is 3. The van der Waals surface area contributed by atoms with Crippen LogP contribution in [0.1, 0.15) is 19.8 Å². The van der Waals surface area contributed by atoms with E-state index in [2.05, 4.69) is 6.92 Å². The van der Waals surface area contributed by atoms with Gasteiger partial charge in [-0.25, -0.2) is 4.98 Å². The Kier molecular flexibility index (Phi) is 4.42. The summed E-state index contributed by atoms with van der Waals surface area (Å²) in [6, 6.07) is 15.2. The van der Waals surface area contributed by atoms with Gasteiger partial charge in [-0.1, -0.05) is 25.5 Å². The summed E-state index contributed by atoms with van der Waals surface area (Å²) in [6.07, 6.45) is 1.98. The normalized spacial score (nSPS) is 10.9. The van der Waals surface area contributed by atoms with E-state index >= 15 is 0 Å². The van der Waals surface area contributed by atoms with Gasteiger partial charge in [-0.2, -0.15) is 0 Å². The van der Waals surface area contributed by atoms with Gasteiger partial charge in [-0.3, -0.25) is 9.36 Å². The average molecular weight is 308 g/mol. The fourth-order valence-corrected chi connectivity index (χ4v) is 2.65. The van der Waals surface area contributed by atoms with E-state index < -0.39 is 0 Å². The van der Waals surface area contributed by atoms with Crippen molar-refractivity contribution >= 4 is 10.9 Å². The average Bonchev–Trinajstić information content (AvgIpc) is 2.61. The van der Waals surface area contributed by atoms with Gasteiger partial charge in [0.2, 0.25) is 0 Å². The predicted octanol–water partition coefficient (Wildman–Crippen LogP) is 3.87. The fourth-order valence-electron chi connectivity index (χ4n) is 2.65. The van der Waals surface area contributed by atoms with Crippen LogP contribution in [0.25, 0.3) is 22.3 Å². The summed E-state index contributed by atoms with van der Waals surface area (Å²) in [6.45, 7) is 2.79. The lowest BCUT2D eigenvalue weighted by molar-refractivity contribution is 0.415. The number of para-hydroxylation sites is 1. The second kappa shape index (κ2) is 6.65. The van der Waals surface area contributed by atoms with Gasteiger partial charge in [0.25, 0.3) is 5.56 Å². The van der Waals surface area contributed by atoms with Gasteiger partial charge in [-0.15, -0.1) is 0 Å². The second-order valence-electron chi connectivity index (χ2n) is 5.49. The molecule has 118 valence electrons. The molecule has 0 aliphatic heterocycles. The van der Waals surface area contributed by atoms with Crippen molar-refractivity contribution in [3.05, 3.63) is 58.9 Å². The summed E-state index contributed by atoms with van der Waals surface area (Å²) in [5, 5.41) is 0.667. The number of aromatic nitrogens is 2. The number of unbranched alkanes of at least 4 members (excludes halogenated alkanes) is 1. The quantitative estimate of drug-likeness (QED) is 0.718. The van der Waals surface area contributed by atoms with Crippen molar-refractivity contribution in [2.24, 2.45) is 0 Å². The molecule has 0 aliphatic rings. The number of hydrogen-bond donors (Lipinski definition) is 0. The van der Waals surface area contributed by atoms with Gasteiger partial charge in [0.1, 0.15) is 11.6 Å². The minimum atomic E-state index is 0.0230. The van der Waals surface area contributed by atoms with Gasteiger partial charge < -0.3 is 4.74 Å². The molecule has 0 atom stereocenters. The Labute approximate surface area is 135 Å². The number of fused-ring (bicyclic) bond motifs is 1. The largest absolute Gasteiger partial charge is 0.497 e. The maximum atomic E-state index is 12.8. The Balaban J connectivity index is 2.21. The van der Waals surface area contributed by atoms with Crippen molar-refractivity contribution in [3.63, 3.8) is 0 Å². The molecule has 0 bridgehead atoms.